The van der Waals surface area contributed by atoms with E-state index in [-0.39, 0.29) is 17.9 Å². The molecule has 0 fully saturated rings. The minimum absolute atomic E-state index is 0.123. The molecule has 0 radical (unpaired) electrons. The third kappa shape index (κ3) is 13.1. The molecule has 0 aliphatic heterocycles. The smallest absolute Gasteiger partial charge is 0.242 e. The van der Waals surface area contributed by atoms with Crippen LogP contribution < -0.4 is 10.6 Å². The van der Waals surface area contributed by atoms with Crippen molar-refractivity contribution in [2.24, 2.45) is 11.3 Å². The molecule has 0 unspecified atom stereocenters. The van der Waals surface area contributed by atoms with Crippen molar-refractivity contribution in [1.29, 1.82) is 0 Å². The molecule has 29 heavy (non-hydrogen) atoms. The van der Waals surface area contributed by atoms with E-state index in [4.69, 9.17) is 4.74 Å². The fourth-order valence-electron chi connectivity index (χ4n) is 2.33. The lowest BCUT2D eigenvalue weighted by molar-refractivity contribution is -0.137. The Hall–Kier alpha value is -1.77. The van der Waals surface area contributed by atoms with Crippen molar-refractivity contribution in [3.8, 4) is 0 Å². The lowest BCUT2D eigenvalue weighted by Crippen LogP contribution is -2.49. The summed E-state index contributed by atoms with van der Waals surface area (Å²) >= 11 is 0. The first kappa shape index (κ1) is 27.2. The number of ether oxygens (including phenoxy) is 1. The van der Waals surface area contributed by atoms with Gasteiger partial charge in [0.2, 0.25) is 11.8 Å². The molecule has 0 saturated heterocycles. The van der Waals surface area contributed by atoms with Crippen LogP contribution in [0, 0.1) is 11.3 Å². The maximum Gasteiger partial charge on any atom is 0.242 e. The van der Waals surface area contributed by atoms with Crippen molar-refractivity contribution in [3.63, 3.8) is 0 Å². The van der Waals surface area contributed by atoms with Crippen molar-refractivity contribution in [2.75, 3.05) is 13.2 Å². The van der Waals surface area contributed by atoms with E-state index in [2.05, 4.69) is 10.6 Å². The summed E-state index contributed by atoms with van der Waals surface area (Å²) in [6, 6.07) is -0.867. The third-order valence-corrected chi connectivity index (χ3v) is 3.99. The Labute approximate surface area is 174 Å². The van der Waals surface area contributed by atoms with E-state index in [9.17, 15) is 24.6 Å². The summed E-state index contributed by atoms with van der Waals surface area (Å²) in [7, 11) is 0. The van der Waals surface area contributed by atoms with Crippen LogP contribution in [0.25, 0.3) is 0 Å². The number of hydrogen-bond acceptors (Lipinski definition) is 6. The van der Waals surface area contributed by atoms with Crippen LogP contribution in [-0.4, -0.2) is 65.8 Å². The number of carbonyl (C=O) groups is 3. The lowest BCUT2D eigenvalue weighted by Gasteiger charge is -2.21. The Morgan fingerprint density at radius 1 is 1.10 bits per heavy atom. The van der Waals surface area contributed by atoms with Gasteiger partial charge in [0.15, 0.2) is 0 Å². The number of nitrogens with one attached hydrogen (secondary N) is 2. The van der Waals surface area contributed by atoms with E-state index < -0.39 is 36.0 Å². The van der Waals surface area contributed by atoms with Crippen LogP contribution >= 0.6 is 0 Å². The number of hydrogen-bond donors (Lipinski definition) is 4. The normalized spacial score (nSPS) is 16.3. The SMILES string of the molecule is CC(C)OCCCNC(=O)[C@H](C)NC(=O)[C@H](C=O)[C@H](O)C[C@H](O)/C=C/C(C)(C)C. The maximum absolute atomic E-state index is 12.3. The summed E-state index contributed by atoms with van der Waals surface area (Å²) in [5.41, 5.74) is -0.142. The van der Waals surface area contributed by atoms with E-state index >= 15 is 0 Å². The zero-order chi connectivity index (χ0) is 22.6. The summed E-state index contributed by atoms with van der Waals surface area (Å²) in [6.07, 6.45) is 1.89. The molecular formula is C21H38N2O6. The van der Waals surface area contributed by atoms with E-state index in [1.54, 1.807) is 6.08 Å². The standard InChI is InChI=1S/C21H38N2O6/c1-14(2)29-11-7-10-22-19(27)15(3)23-20(28)17(13-24)18(26)12-16(25)8-9-21(4,5)6/h8-9,13-18,25-26H,7,10-12H2,1-6H3,(H,22,27)(H,23,28)/b9-8+/t15-,16+,17+,18+/m0/s1. The molecule has 0 saturated carbocycles. The number of allylic oxidation sites excluding steroid dienone is 1. The molecule has 0 aromatic rings. The number of aliphatic hydroxyl groups excluding tert-OH is 2. The van der Waals surface area contributed by atoms with Gasteiger partial charge in [-0.2, -0.15) is 0 Å². The van der Waals surface area contributed by atoms with E-state index in [0.29, 0.717) is 25.9 Å². The van der Waals surface area contributed by atoms with Crippen LogP contribution in [0.2, 0.25) is 0 Å². The Bertz CT molecular complexity index is 542. The highest BCUT2D eigenvalue weighted by molar-refractivity contribution is 5.95. The zero-order valence-corrected chi connectivity index (χ0v) is 18.5. The summed E-state index contributed by atoms with van der Waals surface area (Å²) in [6.45, 7) is 12.1. The van der Waals surface area contributed by atoms with Crippen LogP contribution in [0.15, 0.2) is 12.2 Å². The molecule has 8 heteroatoms. The molecule has 0 spiro atoms. The van der Waals surface area contributed by atoms with E-state index in [1.165, 1.54) is 13.0 Å². The largest absolute Gasteiger partial charge is 0.392 e. The predicted octanol–water partition coefficient (Wildman–Crippen LogP) is 0.952. The average Bonchev–Trinajstić information content (AvgIpc) is 2.59. The van der Waals surface area contributed by atoms with Gasteiger partial charge < -0.3 is 30.4 Å². The fraction of sp³-hybridized carbons (Fsp3) is 0.762. The average molecular weight is 415 g/mol. The number of carbonyl (C=O) groups excluding carboxylic acids is 3. The van der Waals surface area contributed by atoms with Gasteiger partial charge in [-0.3, -0.25) is 9.59 Å². The molecule has 0 rings (SSSR count). The van der Waals surface area contributed by atoms with Crippen LogP contribution in [0.4, 0.5) is 0 Å². The molecular weight excluding hydrogens is 376 g/mol. The highest BCUT2D eigenvalue weighted by Crippen LogP contribution is 2.17. The van der Waals surface area contributed by atoms with Crippen molar-refractivity contribution >= 4 is 18.1 Å². The number of aldehydes is 1. The fourth-order valence-corrected chi connectivity index (χ4v) is 2.33. The monoisotopic (exact) mass is 414 g/mol. The van der Waals surface area contributed by atoms with Gasteiger partial charge in [0.1, 0.15) is 18.2 Å². The van der Waals surface area contributed by atoms with Crippen molar-refractivity contribution in [1.82, 2.24) is 10.6 Å². The second-order valence-electron chi connectivity index (χ2n) is 8.55. The van der Waals surface area contributed by atoms with Crippen LogP contribution in [0.1, 0.15) is 54.4 Å². The molecule has 168 valence electrons. The van der Waals surface area contributed by atoms with Gasteiger partial charge in [-0.15, -0.1) is 0 Å². The maximum atomic E-state index is 12.3. The highest BCUT2D eigenvalue weighted by Gasteiger charge is 2.29. The Balaban J connectivity index is 4.52. The van der Waals surface area contributed by atoms with Gasteiger partial charge in [-0.05, 0) is 32.6 Å². The van der Waals surface area contributed by atoms with Gasteiger partial charge in [0.25, 0.3) is 0 Å². The molecule has 0 aliphatic rings. The zero-order valence-electron chi connectivity index (χ0n) is 18.5. The number of amides is 2. The number of aliphatic hydroxyl groups is 2. The van der Waals surface area contributed by atoms with Crippen molar-refractivity contribution < 1.29 is 29.3 Å². The van der Waals surface area contributed by atoms with Crippen LogP contribution in [-0.2, 0) is 19.1 Å². The molecule has 4 atom stereocenters. The van der Waals surface area contributed by atoms with Gasteiger partial charge in [0, 0.05) is 19.6 Å². The first-order chi connectivity index (χ1) is 13.4. The second kappa shape index (κ2) is 13.5. The first-order valence-corrected chi connectivity index (χ1v) is 10.1. The third-order valence-electron chi connectivity index (χ3n) is 3.99. The lowest BCUT2D eigenvalue weighted by atomic mass is 9.93. The van der Waals surface area contributed by atoms with E-state index in [0.717, 1.165) is 0 Å². The molecule has 4 N–H and O–H groups in total. The highest BCUT2D eigenvalue weighted by atomic mass is 16.5. The summed E-state index contributed by atoms with van der Waals surface area (Å²) < 4.78 is 5.38. The van der Waals surface area contributed by atoms with E-state index in [1.807, 2.05) is 34.6 Å². The molecule has 2 amide bonds. The van der Waals surface area contributed by atoms with Gasteiger partial charge in [-0.1, -0.05) is 32.9 Å². The topological polar surface area (TPSA) is 125 Å². The van der Waals surface area contributed by atoms with Gasteiger partial charge in [-0.25, -0.2) is 0 Å². The van der Waals surface area contributed by atoms with Gasteiger partial charge in [0.05, 0.1) is 18.3 Å². The van der Waals surface area contributed by atoms with Gasteiger partial charge >= 0.3 is 0 Å². The Morgan fingerprint density at radius 2 is 1.72 bits per heavy atom. The Morgan fingerprint density at radius 3 is 2.24 bits per heavy atom. The summed E-state index contributed by atoms with van der Waals surface area (Å²) in [5.74, 6) is -2.53. The van der Waals surface area contributed by atoms with Crippen molar-refractivity contribution in [3.05, 3.63) is 12.2 Å². The summed E-state index contributed by atoms with van der Waals surface area (Å²) in [5, 5.41) is 25.3. The van der Waals surface area contributed by atoms with Crippen LogP contribution in [0.5, 0.6) is 0 Å². The first-order valence-electron chi connectivity index (χ1n) is 10.1. The quantitative estimate of drug-likeness (QED) is 0.154. The molecule has 0 bridgehead atoms. The summed E-state index contributed by atoms with van der Waals surface area (Å²) in [4.78, 5) is 35.6. The Kier molecular flexibility index (Phi) is 12.6. The molecule has 8 nitrogen and oxygen atoms in total. The number of rotatable bonds is 13. The minimum atomic E-state index is -1.37. The van der Waals surface area contributed by atoms with Crippen LogP contribution in [0.3, 0.4) is 0 Å². The molecule has 0 aliphatic carbocycles. The molecule has 0 aromatic carbocycles. The second-order valence-corrected chi connectivity index (χ2v) is 8.55. The predicted molar refractivity (Wildman–Crippen MR) is 111 cm³/mol. The van der Waals surface area contributed by atoms with Crippen molar-refractivity contribution in [2.45, 2.75) is 78.7 Å². The molecule has 0 heterocycles. The molecule has 0 aromatic heterocycles. The minimum Gasteiger partial charge on any atom is -0.392 e.